The quantitative estimate of drug-likeness (QED) is 0.491. The summed E-state index contributed by atoms with van der Waals surface area (Å²) in [4.78, 5) is 9.18. The number of furan rings is 1. The molecular formula is C21H19N3O. The SMILES string of the molecule is Cc1ccc2c(oc3nc4ccccc4cc32)c1N1C=CN(C)[C@@H]1C. The third-order valence-corrected chi connectivity index (χ3v) is 5.22. The van der Waals surface area contributed by atoms with Gasteiger partial charge in [0.2, 0.25) is 5.71 Å². The molecule has 0 amide bonds. The van der Waals surface area contributed by atoms with E-state index < -0.39 is 0 Å². The molecule has 1 aliphatic rings. The predicted octanol–water partition coefficient (Wildman–Crippen LogP) is 5.01. The van der Waals surface area contributed by atoms with Crippen LogP contribution in [0.3, 0.4) is 0 Å². The zero-order valence-corrected chi connectivity index (χ0v) is 14.5. The molecule has 3 heterocycles. The van der Waals surface area contributed by atoms with Crippen LogP contribution in [-0.4, -0.2) is 23.1 Å². The Kier molecular flexibility index (Phi) is 2.86. The molecule has 0 saturated carbocycles. The molecule has 124 valence electrons. The molecular weight excluding hydrogens is 310 g/mol. The number of anilines is 1. The highest BCUT2D eigenvalue weighted by molar-refractivity contribution is 6.11. The monoisotopic (exact) mass is 329 g/mol. The first kappa shape index (κ1) is 14.3. The van der Waals surface area contributed by atoms with Crippen LogP contribution >= 0.6 is 0 Å². The van der Waals surface area contributed by atoms with Gasteiger partial charge in [-0.3, -0.25) is 0 Å². The second-order valence-corrected chi connectivity index (χ2v) is 6.75. The molecule has 0 saturated heterocycles. The molecule has 1 atom stereocenters. The largest absolute Gasteiger partial charge is 0.435 e. The number of aryl methyl sites for hydroxylation is 1. The minimum Gasteiger partial charge on any atom is -0.435 e. The van der Waals surface area contributed by atoms with E-state index in [4.69, 9.17) is 9.40 Å². The first-order chi connectivity index (χ1) is 12.1. The van der Waals surface area contributed by atoms with Crippen molar-refractivity contribution in [2.75, 3.05) is 11.9 Å². The van der Waals surface area contributed by atoms with Gasteiger partial charge in [-0.1, -0.05) is 30.3 Å². The fourth-order valence-electron chi connectivity index (χ4n) is 3.66. The van der Waals surface area contributed by atoms with Crippen molar-refractivity contribution in [1.82, 2.24) is 9.88 Å². The molecule has 4 nitrogen and oxygen atoms in total. The maximum atomic E-state index is 6.26. The van der Waals surface area contributed by atoms with Gasteiger partial charge >= 0.3 is 0 Å². The van der Waals surface area contributed by atoms with E-state index in [9.17, 15) is 0 Å². The van der Waals surface area contributed by atoms with Crippen molar-refractivity contribution in [3.63, 3.8) is 0 Å². The van der Waals surface area contributed by atoms with Gasteiger partial charge in [-0.25, -0.2) is 4.98 Å². The lowest BCUT2D eigenvalue weighted by Gasteiger charge is -2.28. The lowest BCUT2D eigenvalue weighted by molar-refractivity contribution is 0.383. The number of para-hydroxylation sites is 1. The van der Waals surface area contributed by atoms with Crippen LogP contribution in [0.5, 0.6) is 0 Å². The van der Waals surface area contributed by atoms with Gasteiger partial charge in [0.1, 0.15) is 6.17 Å². The Balaban J connectivity index is 1.85. The number of hydrogen-bond acceptors (Lipinski definition) is 4. The van der Waals surface area contributed by atoms with Gasteiger partial charge in [-0.15, -0.1) is 0 Å². The van der Waals surface area contributed by atoms with E-state index in [1.165, 1.54) is 5.56 Å². The number of hydrogen-bond donors (Lipinski definition) is 0. The normalized spacial score (nSPS) is 17.5. The minimum atomic E-state index is 0.254. The van der Waals surface area contributed by atoms with Crippen LogP contribution < -0.4 is 4.90 Å². The molecule has 0 bridgehead atoms. The summed E-state index contributed by atoms with van der Waals surface area (Å²) >= 11 is 0. The topological polar surface area (TPSA) is 32.5 Å². The molecule has 5 rings (SSSR count). The average Bonchev–Trinajstić information content (AvgIpc) is 3.13. The summed E-state index contributed by atoms with van der Waals surface area (Å²) in [7, 11) is 2.09. The first-order valence-electron chi connectivity index (χ1n) is 8.54. The van der Waals surface area contributed by atoms with Gasteiger partial charge in [0.25, 0.3) is 0 Å². The van der Waals surface area contributed by atoms with Gasteiger partial charge in [-0.2, -0.15) is 0 Å². The molecule has 0 aliphatic carbocycles. The second kappa shape index (κ2) is 4.99. The highest BCUT2D eigenvalue weighted by Crippen LogP contribution is 2.39. The average molecular weight is 329 g/mol. The molecule has 0 spiro atoms. The van der Waals surface area contributed by atoms with Crippen molar-refractivity contribution in [3.05, 3.63) is 60.4 Å². The lowest BCUT2D eigenvalue weighted by Crippen LogP contribution is -2.33. The molecule has 2 aromatic carbocycles. The van der Waals surface area contributed by atoms with Crippen LogP contribution in [0.1, 0.15) is 12.5 Å². The molecule has 0 radical (unpaired) electrons. The standard InChI is InChI=1S/C21H19N3O/c1-13-8-9-16-17-12-15-6-4-5-7-18(15)22-21(17)25-20(16)19(13)24-11-10-23(3)14(24)2/h4-12,14H,1-3H3/t14-/m0/s1. The van der Waals surface area contributed by atoms with Crippen molar-refractivity contribution < 1.29 is 4.42 Å². The third kappa shape index (κ3) is 1.97. The van der Waals surface area contributed by atoms with Crippen molar-refractivity contribution in [2.45, 2.75) is 20.0 Å². The summed E-state index contributed by atoms with van der Waals surface area (Å²) in [5.41, 5.74) is 4.88. The third-order valence-electron chi connectivity index (χ3n) is 5.22. The summed E-state index contributed by atoms with van der Waals surface area (Å²) in [6.45, 7) is 4.32. The Morgan fingerprint density at radius 1 is 1.04 bits per heavy atom. The number of fused-ring (bicyclic) bond motifs is 4. The summed E-state index contributed by atoms with van der Waals surface area (Å²) in [5, 5.41) is 3.32. The first-order valence-corrected chi connectivity index (χ1v) is 8.54. The smallest absolute Gasteiger partial charge is 0.228 e. The van der Waals surface area contributed by atoms with E-state index >= 15 is 0 Å². The van der Waals surface area contributed by atoms with Crippen LogP contribution in [-0.2, 0) is 0 Å². The van der Waals surface area contributed by atoms with Crippen LogP contribution in [0.25, 0.3) is 33.0 Å². The predicted molar refractivity (Wildman–Crippen MR) is 103 cm³/mol. The second-order valence-electron chi connectivity index (χ2n) is 6.75. The van der Waals surface area contributed by atoms with Crippen LogP contribution in [0.4, 0.5) is 5.69 Å². The molecule has 2 aromatic heterocycles. The molecule has 0 fully saturated rings. The Bertz CT molecular complexity index is 1160. The lowest BCUT2D eigenvalue weighted by atomic mass is 10.1. The van der Waals surface area contributed by atoms with E-state index in [0.29, 0.717) is 5.71 Å². The highest BCUT2D eigenvalue weighted by atomic mass is 16.3. The highest BCUT2D eigenvalue weighted by Gasteiger charge is 2.25. The van der Waals surface area contributed by atoms with E-state index in [0.717, 1.165) is 32.9 Å². The molecule has 1 aliphatic heterocycles. The molecule has 4 aromatic rings. The van der Waals surface area contributed by atoms with Gasteiger partial charge in [0.15, 0.2) is 5.58 Å². The number of nitrogens with zero attached hydrogens (tertiary/aromatic N) is 3. The van der Waals surface area contributed by atoms with Gasteiger partial charge < -0.3 is 14.2 Å². The number of benzene rings is 2. The van der Waals surface area contributed by atoms with Crippen LogP contribution in [0.2, 0.25) is 0 Å². The van der Waals surface area contributed by atoms with Crippen LogP contribution in [0.15, 0.2) is 59.3 Å². The zero-order chi connectivity index (χ0) is 17.1. The van der Waals surface area contributed by atoms with Gasteiger partial charge in [-0.05, 0) is 31.5 Å². The van der Waals surface area contributed by atoms with Gasteiger partial charge in [0.05, 0.1) is 11.2 Å². The Morgan fingerprint density at radius 3 is 2.68 bits per heavy atom. The minimum absolute atomic E-state index is 0.254. The summed E-state index contributed by atoms with van der Waals surface area (Å²) in [6.07, 6.45) is 4.46. The molecule has 25 heavy (non-hydrogen) atoms. The van der Waals surface area contributed by atoms with Crippen molar-refractivity contribution in [1.29, 1.82) is 0 Å². The van der Waals surface area contributed by atoms with Crippen molar-refractivity contribution in [2.24, 2.45) is 0 Å². The van der Waals surface area contributed by atoms with E-state index in [2.05, 4.69) is 67.4 Å². The molecule has 0 N–H and O–H groups in total. The van der Waals surface area contributed by atoms with E-state index in [-0.39, 0.29) is 6.17 Å². The summed E-state index contributed by atoms with van der Waals surface area (Å²) < 4.78 is 6.26. The fraction of sp³-hybridized carbons (Fsp3) is 0.190. The Hall–Kier alpha value is -3.01. The summed E-state index contributed by atoms with van der Waals surface area (Å²) in [6, 6.07) is 14.7. The fourth-order valence-corrected chi connectivity index (χ4v) is 3.66. The molecule has 0 unspecified atom stereocenters. The van der Waals surface area contributed by atoms with E-state index in [1.54, 1.807) is 0 Å². The van der Waals surface area contributed by atoms with Crippen molar-refractivity contribution >= 4 is 38.7 Å². The van der Waals surface area contributed by atoms with Crippen LogP contribution in [0, 0.1) is 6.92 Å². The molecule has 4 heteroatoms. The number of aromatic nitrogens is 1. The maximum Gasteiger partial charge on any atom is 0.228 e. The zero-order valence-electron chi connectivity index (χ0n) is 14.5. The van der Waals surface area contributed by atoms with Gasteiger partial charge in [0, 0.05) is 35.6 Å². The maximum absolute atomic E-state index is 6.26. The number of rotatable bonds is 1. The number of pyridine rings is 1. The van der Waals surface area contributed by atoms with E-state index in [1.807, 2.05) is 18.2 Å². The Morgan fingerprint density at radius 2 is 1.88 bits per heavy atom. The van der Waals surface area contributed by atoms with Crippen molar-refractivity contribution in [3.8, 4) is 0 Å². The Labute approximate surface area is 146 Å². The summed E-state index contributed by atoms with van der Waals surface area (Å²) in [5.74, 6) is 0.